The minimum absolute atomic E-state index is 0.0112. The monoisotopic (exact) mass is 384 g/mol. The molecule has 0 saturated carbocycles. The maximum absolute atomic E-state index is 12.2. The van der Waals surface area contributed by atoms with Gasteiger partial charge in [0.2, 0.25) is 11.1 Å². The lowest BCUT2D eigenvalue weighted by atomic mass is 10.1. The van der Waals surface area contributed by atoms with Gasteiger partial charge in [0, 0.05) is 6.07 Å². The van der Waals surface area contributed by atoms with E-state index in [4.69, 9.17) is 0 Å². The van der Waals surface area contributed by atoms with Crippen LogP contribution in [0.2, 0.25) is 0 Å². The molecule has 3 aromatic rings. The first kappa shape index (κ1) is 18.5. The van der Waals surface area contributed by atoms with E-state index in [1.165, 1.54) is 12.1 Å². The van der Waals surface area contributed by atoms with Crippen LogP contribution in [-0.4, -0.2) is 36.8 Å². The van der Waals surface area contributed by atoms with Gasteiger partial charge in [0.05, 0.1) is 16.4 Å². The molecule has 0 fully saturated rings. The van der Waals surface area contributed by atoms with Crippen molar-refractivity contribution in [2.75, 3.05) is 11.1 Å². The van der Waals surface area contributed by atoms with E-state index in [1.807, 2.05) is 32.0 Å². The largest absolute Gasteiger partial charge is 0.320 e. The molecule has 138 valence electrons. The molecule has 0 radical (unpaired) electrons. The van der Waals surface area contributed by atoms with Gasteiger partial charge in [-0.1, -0.05) is 41.6 Å². The first-order valence-electron chi connectivity index (χ1n) is 7.98. The Bertz CT molecular complexity index is 1000. The van der Waals surface area contributed by atoms with Crippen LogP contribution in [0.5, 0.6) is 0 Å². The van der Waals surface area contributed by atoms with Gasteiger partial charge in [-0.15, -0.1) is 5.10 Å². The van der Waals surface area contributed by atoms with Crippen LogP contribution in [0, 0.1) is 24.0 Å². The van der Waals surface area contributed by atoms with E-state index in [1.54, 1.807) is 16.8 Å². The lowest BCUT2D eigenvalue weighted by Gasteiger charge is -2.08. The highest BCUT2D eigenvalue weighted by Gasteiger charge is 2.17. The zero-order chi connectivity index (χ0) is 19.4. The maximum Gasteiger partial charge on any atom is 0.292 e. The SMILES string of the molecule is Cc1ccc(-n2nnnc2SCC(=O)Nc2ccccc2[N+](=O)[O-])c(C)c1. The van der Waals surface area contributed by atoms with Gasteiger partial charge in [-0.05, 0) is 42.0 Å². The van der Waals surface area contributed by atoms with Crippen LogP contribution in [0.3, 0.4) is 0 Å². The standard InChI is InChI=1S/C17H16N6O3S/c1-11-7-8-14(12(2)9-11)22-17(19-20-21-22)27-10-16(24)18-13-5-3-4-6-15(13)23(25)26/h3-9H,10H2,1-2H3,(H,18,24). The molecular formula is C17H16N6O3S. The summed E-state index contributed by atoms with van der Waals surface area (Å²) >= 11 is 1.15. The number of benzene rings is 2. The van der Waals surface area contributed by atoms with Crippen molar-refractivity contribution in [2.45, 2.75) is 19.0 Å². The Morgan fingerprint density at radius 2 is 2.04 bits per heavy atom. The highest BCUT2D eigenvalue weighted by molar-refractivity contribution is 7.99. The summed E-state index contributed by atoms with van der Waals surface area (Å²) in [6, 6.07) is 11.9. The van der Waals surface area contributed by atoms with Crippen molar-refractivity contribution in [1.82, 2.24) is 20.2 Å². The fourth-order valence-corrected chi connectivity index (χ4v) is 3.20. The number of nitro groups is 1. The molecule has 9 nitrogen and oxygen atoms in total. The van der Waals surface area contributed by atoms with Crippen LogP contribution in [0.25, 0.3) is 5.69 Å². The summed E-state index contributed by atoms with van der Waals surface area (Å²) in [5, 5.41) is 25.7. The number of rotatable bonds is 6. The van der Waals surface area contributed by atoms with Crippen molar-refractivity contribution < 1.29 is 9.72 Å². The van der Waals surface area contributed by atoms with Gasteiger partial charge >= 0.3 is 0 Å². The minimum atomic E-state index is -0.538. The molecule has 0 aliphatic carbocycles. The average molecular weight is 384 g/mol. The number of nitrogens with one attached hydrogen (secondary N) is 1. The van der Waals surface area contributed by atoms with Crippen LogP contribution < -0.4 is 5.32 Å². The van der Waals surface area contributed by atoms with E-state index in [0.29, 0.717) is 5.16 Å². The number of anilines is 1. The van der Waals surface area contributed by atoms with E-state index in [0.717, 1.165) is 28.6 Å². The Balaban J connectivity index is 1.71. The highest BCUT2D eigenvalue weighted by Crippen LogP contribution is 2.25. The normalized spacial score (nSPS) is 10.6. The number of nitro benzene ring substituents is 1. The van der Waals surface area contributed by atoms with Crippen molar-refractivity contribution in [1.29, 1.82) is 0 Å². The molecule has 0 saturated heterocycles. The molecule has 0 spiro atoms. The third-order valence-corrected chi connectivity index (χ3v) is 4.65. The molecule has 2 aromatic carbocycles. The second-order valence-corrected chi connectivity index (χ2v) is 6.72. The van der Waals surface area contributed by atoms with Gasteiger partial charge < -0.3 is 5.32 Å². The molecular weight excluding hydrogens is 368 g/mol. The van der Waals surface area contributed by atoms with Gasteiger partial charge in [-0.3, -0.25) is 14.9 Å². The van der Waals surface area contributed by atoms with Gasteiger partial charge in [-0.25, -0.2) is 0 Å². The van der Waals surface area contributed by atoms with E-state index >= 15 is 0 Å². The van der Waals surface area contributed by atoms with Gasteiger partial charge in [0.25, 0.3) is 5.69 Å². The molecule has 1 heterocycles. The number of hydrogen-bond donors (Lipinski definition) is 1. The number of amides is 1. The van der Waals surface area contributed by atoms with Crippen LogP contribution in [0.1, 0.15) is 11.1 Å². The zero-order valence-electron chi connectivity index (χ0n) is 14.6. The van der Waals surface area contributed by atoms with E-state index in [9.17, 15) is 14.9 Å². The van der Waals surface area contributed by atoms with Gasteiger partial charge in [-0.2, -0.15) is 4.68 Å². The second kappa shape index (κ2) is 7.96. The summed E-state index contributed by atoms with van der Waals surface area (Å²) in [6.45, 7) is 3.96. The fourth-order valence-electron chi connectivity index (χ4n) is 2.52. The lowest BCUT2D eigenvalue weighted by molar-refractivity contribution is -0.383. The Labute approximate surface area is 158 Å². The van der Waals surface area contributed by atoms with Gasteiger partial charge in [0.15, 0.2) is 0 Å². The lowest BCUT2D eigenvalue weighted by Crippen LogP contribution is -2.15. The first-order chi connectivity index (χ1) is 13.0. The summed E-state index contributed by atoms with van der Waals surface area (Å²) < 4.78 is 1.57. The van der Waals surface area contributed by atoms with Crippen molar-refractivity contribution >= 4 is 29.0 Å². The molecule has 0 bridgehead atoms. The molecule has 0 aliphatic rings. The molecule has 0 aliphatic heterocycles. The molecule has 3 rings (SSSR count). The molecule has 1 aromatic heterocycles. The molecule has 10 heteroatoms. The Morgan fingerprint density at radius 1 is 1.26 bits per heavy atom. The summed E-state index contributed by atoms with van der Waals surface area (Å²) in [5.74, 6) is -0.374. The fraction of sp³-hybridized carbons (Fsp3) is 0.176. The van der Waals surface area contributed by atoms with Crippen molar-refractivity contribution in [3.63, 3.8) is 0 Å². The smallest absolute Gasteiger partial charge is 0.292 e. The first-order valence-corrected chi connectivity index (χ1v) is 8.96. The van der Waals surface area contributed by atoms with E-state index in [-0.39, 0.29) is 23.0 Å². The molecule has 0 unspecified atom stereocenters. The number of thioether (sulfide) groups is 1. The number of carbonyl (C=O) groups excluding carboxylic acids is 1. The van der Waals surface area contributed by atoms with Crippen LogP contribution >= 0.6 is 11.8 Å². The number of carbonyl (C=O) groups is 1. The van der Waals surface area contributed by atoms with E-state index in [2.05, 4.69) is 20.8 Å². The number of aromatic nitrogens is 4. The van der Waals surface area contributed by atoms with Gasteiger partial charge in [0.1, 0.15) is 5.69 Å². The van der Waals surface area contributed by atoms with Crippen molar-refractivity contribution in [3.05, 3.63) is 63.7 Å². The maximum atomic E-state index is 12.2. The predicted molar refractivity (Wildman–Crippen MR) is 101 cm³/mol. The summed E-state index contributed by atoms with van der Waals surface area (Å²) in [4.78, 5) is 22.7. The predicted octanol–water partition coefficient (Wildman–Crippen LogP) is 2.92. The number of hydrogen-bond acceptors (Lipinski definition) is 7. The number of para-hydroxylation sites is 2. The van der Waals surface area contributed by atoms with Crippen LogP contribution in [0.4, 0.5) is 11.4 Å². The highest BCUT2D eigenvalue weighted by atomic mass is 32.2. The Kier molecular flexibility index (Phi) is 5.46. The molecule has 0 atom stereocenters. The van der Waals surface area contributed by atoms with Crippen molar-refractivity contribution in [2.24, 2.45) is 0 Å². The Hall–Kier alpha value is -3.27. The van der Waals surface area contributed by atoms with Crippen LogP contribution in [-0.2, 0) is 4.79 Å². The zero-order valence-corrected chi connectivity index (χ0v) is 15.4. The second-order valence-electron chi connectivity index (χ2n) is 5.77. The quantitative estimate of drug-likeness (QED) is 0.394. The topological polar surface area (TPSA) is 116 Å². The van der Waals surface area contributed by atoms with Crippen molar-refractivity contribution in [3.8, 4) is 5.69 Å². The minimum Gasteiger partial charge on any atom is -0.320 e. The summed E-state index contributed by atoms with van der Waals surface area (Å²) in [6.07, 6.45) is 0. The average Bonchev–Trinajstić information content (AvgIpc) is 3.08. The number of aryl methyl sites for hydroxylation is 2. The molecule has 1 N–H and O–H groups in total. The number of tetrazole rings is 1. The number of nitrogens with zero attached hydrogens (tertiary/aromatic N) is 5. The summed E-state index contributed by atoms with van der Waals surface area (Å²) in [7, 11) is 0. The molecule has 1 amide bonds. The third-order valence-electron chi connectivity index (χ3n) is 3.73. The Morgan fingerprint density at radius 3 is 2.78 bits per heavy atom. The van der Waals surface area contributed by atoms with Crippen LogP contribution in [0.15, 0.2) is 47.6 Å². The molecule has 27 heavy (non-hydrogen) atoms. The summed E-state index contributed by atoms with van der Waals surface area (Å²) in [5.41, 5.74) is 2.96. The van der Waals surface area contributed by atoms with E-state index < -0.39 is 4.92 Å². The third kappa shape index (κ3) is 4.29.